The van der Waals surface area contributed by atoms with Crippen molar-refractivity contribution in [3.63, 3.8) is 0 Å². The van der Waals surface area contributed by atoms with Crippen LogP contribution in [0, 0.1) is 0 Å². The van der Waals surface area contributed by atoms with E-state index in [1.807, 2.05) is 44.2 Å². The Bertz CT molecular complexity index is 760. The predicted octanol–water partition coefficient (Wildman–Crippen LogP) is 5.13. The Hall–Kier alpha value is -1.52. The molecule has 1 atom stereocenters. The van der Waals surface area contributed by atoms with Crippen LogP contribution < -0.4 is 10.1 Å². The maximum Gasteiger partial charge on any atom is 0.253 e. The van der Waals surface area contributed by atoms with E-state index in [2.05, 4.69) is 21.2 Å². The number of ether oxygens (including phenoxy) is 1. The molecule has 0 saturated carbocycles. The Morgan fingerprint density at radius 2 is 2.04 bits per heavy atom. The molecule has 2 aromatic carbocycles. The van der Waals surface area contributed by atoms with E-state index in [4.69, 9.17) is 16.3 Å². The number of para-hydroxylation sites is 1. The van der Waals surface area contributed by atoms with Crippen molar-refractivity contribution in [3.05, 3.63) is 63.1 Å². The van der Waals surface area contributed by atoms with Crippen molar-refractivity contribution in [1.82, 2.24) is 5.32 Å². The standard InChI is InChI=1S/C18H17BrClNO2/c1-18(2)10-15(12-5-3-4-6-16(12)23-18)21-17(22)13-9-11(19)7-8-14(13)20/h3-9,15H,10H2,1-2H3,(H,21,22)/t15-/m0/s1. The van der Waals surface area contributed by atoms with E-state index in [0.29, 0.717) is 17.0 Å². The van der Waals surface area contributed by atoms with Gasteiger partial charge >= 0.3 is 0 Å². The van der Waals surface area contributed by atoms with Crippen LogP contribution in [0.3, 0.4) is 0 Å². The van der Waals surface area contributed by atoms with E-state index < -0.39 is 0 Å². The molecular formula is C18H17BrClNO2. The summed E-state index contributed by atoms with van der Waals surface area (Å²) in [6.07, 6.45) is 0.696. The van der Waals surface area contributed by atoms with Crippen molar-refractivity contribution in [2.24, 2.45) is 0 Å². The lowest BCUT2D eigenvalue weighted by molar-refractivity contribution is 0.0620. The minimum absolute atomic E-state index is 0.113. The third-order valence-electron chi connectivity index (χ3n) is 3.85. The third-order valence-corrected chi connectivity index (χ3v) is 4.68. The zero-order valence-electron chi connectivity index (χ0n) is 12.9. The molecule has 0 bridgehead atoms. The van der Waals surface area contributed by atoms with Gasteiger partial charge in [-0.3, -0.25) is 4.79 Å². The number of hydrogen-bond donors (Lipinski definition) is 1. The van der Waals surface area contributed by atoms with Gasteiger partial charge in [0.2, 0.25) is 0 Å². The van der Waals surface area contributed by atoms with Gasteiger partial charge in [-0.25, -0.2) is 0 Å². The number of benzene rings is 2. The molecule has 0 fully saturated rings. The molecule has 2 aromatic rings. The molecule has 3 rings (SSSR count). The molecule has 0 aromatic heterocycles. The summed E-state index contributed by atoms with van der Waals surface area (Å²) in [6, 6.07) is 12.9. The first kappa shape index (κ1) is 16.3. The van der Waals surface area contributed by atoms with Crippen molar-refractivity contribution in [1.29, 1.82) is 0 Å². The van der Waals surface area contributed by atoms with Crippen molar-refractivity contribution < 1.29 is 9.53 Å². The number of halogens is 2. The molecule has 1 aliphatic heterocycles. The molecule has 1 N–H and O–H groups in total. The van der Waals surface area contributed by atoms with Gasteiger partial charge in [-0.1, -0.05) is 45.7 Å². The molecule has 3 nitrogen and oxygen atoms in total. The predicted molar refractivity (Wildman–Crippen MR) is 95.1 cm³/mol. The van der Waals surface area contributed by atoms with Gasteiger partial charge in [0.15, 0.2) is 0 Å². The smallest absolute Gasteiger partial charge is 0.253 e. The van der Waals surface area contributed by atoms with Crippen molar-refractivity contribution >= 4 is 33.4 Å². The first-order valence-corrected chi connectivity index (χ1v) is 8.57. The summed E-state index contributed by atoms with van der Waals surface area (Å²) < 4.78 is 6.81. The molecule has 0 radical (unpaired) electrons. The van der Waals surface area contributed by atoms with Gasteiger partial charge in [0.25, 0.3) is 5.91 Å². The zero-order valence-corrected chi connectivity index (χ0v) is 15.2. The van der Waals surface area contributed by atoms with Gasteiger partial charge in [-0.2, -0.15) is 0 Å². The number of carbonyl (C=O) groups is 1. The summed E-state index contributed by atoms with van der Waals surface area (Å²) in [7, 11) is 0. The second-order valence-electron chi connectivity index (χ2n) is 6.25. The van der Waals surface area contributed by atoms with Crippen LogP contribution in [0.25, 0.3) is 0 Å². The zero-order chi connectivity index (χ0) is 16.6. The van der Waals surface area contributed by atoms with Crippen LogP contribution in [0.4, 0.5) is 0 Å². The fourth-order valence-electron chi connectivity index (χ4n) is 2.84. The van der Waals surface area contributed by atoms with E-state index >= 15 is 0 Å². The van der Waals surface area contributed by atoms with E-state index in [-0.39, 0.29) is 17.6 Å². The number of rotatable bonds is 2. The lowest BCUT2D eigenvalue weighted by Gasteiger charge is -2.37. The average Bonchev–Trinajstić information content (AvgIpc) is 2.48. The molecular weight excluding hydrogens is 378 g/mol. The normalized spacial score (nSPS) is 18.7. The number of amides is 1. The highest BCUT2D eigenvalue weighted by Crippen LogP contribution is 2.39. The fourth-order valence-corrected chi connectivity index (χ4v) is 3.40. The van der Waals surface area contributed by atoms with Crippen molar-refractivity contribution in [2.75, 3.05) is 0 Å². The molecule has 0 spiro atoms. The second-order valence-corrected chi connectivity index (χ2v) is 7.58. The first-order chi connectivity index (χ1) is 10.9. The highest BCUT2D eigenvalue weighted by atomic mass is 79.9. The molecule has 5 heteroatoms. The van der Waals surface area contributed by atoms with Gasteiger partial charge in [0.05, 0.1) is 16.6 Å². The number of fused-ring (bicyclic) bond motifs is 1. The Morgan fingerprint density at radius 3 is 2.83 bits per heavy atom. The molecule has 1 amide bonds. The summed E-state index contributed by atoms with van der Waals surface area (Å²) >= 11 is 9.53. The molecule has 120 valence electrons. The summed E-state index contributed by atoms with van der Waals surface area (Å²) in [5.41, 5.74) is 1.11. The average molecular weight is 395 g/mol. The number of carbonyl (C=O) groups excluding carboxylic acids is 1. The first-order valence-electron chi connectivity index (χ1n) is 7.39. The SMILES string of the molecule is CC1(C)C[C@H](NC(=O)c2cc(Br)ccc2Cl)c2ccccc2O1. The van der Waals surface area contributed by atoms with Crippen LogP contribution in [0.1, 0.15) is 42.2 Å². The van der Waals surface area contributed by atoms with Crippen LogP contribution in [-0.2, 0) is 0 Å². The Kier molecular flexibility index (Phi) is 4.39. The second kappa shape index (κ2) is 6.17. The monoisotopic (exact) mass is 393 g/mol. The number of nitrogens with one attached hydrogen (secondary N) is 1. The van der Waals surface area contributed by atoms with Gasteiger partial charge in [0, 0.05) is 16.5 Å². The summed E-state index contributed by atoms with van der Waals surface area (Å²) in [5.74, 6) is 0.628. The molecule has 1 aliphatic rings. The van der Waals surface area contributed by atoms with E-state index in [9.17, 15) is 4.79 Å². The molecule has 0 unspecified atom stereocenters. The lowest BCUT2D eigenvalue weighted by atomic mass is 9.89. The largest absolute Gasteiger partial charge is 0.487 e. The molecule has 1 heterocycles. The van der Waals surface area contributed by atoms with Gasteiger partial charge < -0.3 is 10.1 Å². The minimum atomic E-state index is -0.340. The van der Waals surface area contributed by atoms with Crippen molar-refractivity contribution in [3.8, 4) is 5.75 Å². The Morgan fingerprint density at radius 1 is 1.30 bits per heavy atom. The van der Waals surface area contributed by atoms with Crippen LogP contribution in [0.5, 0.6) is 5.75 Å². The molecule has 0 aliphatic carbocycles. The highest BCUT2D eigenvalue weighted by molar-refractivity contribution is 9.10. The summed E-state index contributed by atoms with van der Waals surface area (Å²) in [4.78, 5) is 12.6. The van der Waals surface area contributed by atoms with E-state index in [1.54, 1.807) is 12.1 Å². The maximum atomic E-state index is 12.6. The van der Waals surface area contributed by atoms with Gasteiger partial charge in [0.1, 0.15) is 11.4 Å². The van der Waals surface area contributed by atoms with E-state index in [1.165, 1.54) is 0 Å². The number of hydrogen-bond acceptors (Lipinski definition) is 2. The topological polar surface area (TPSA) is 38.3 Å². The fraction of sp³-hybridized carbons (Fsp3) is 0.278. The maximum absolute atomic E-state index is 12.6. The van der Waals surface area contributed by atoms with Crippen LogP contribution in [0.2, 0.25) is 5.02 Å². The van der Waals surface area contributed by atoms with Crippen LogP contribution >= 0.6 is 27.5 Å². The molecule has 0 saturated heterocycles. The van der Waals surface area contributed by atoms with Gasteiger partial charge in [-0.05, 0) is 38.1 Å². The third kappa shape index (κ3) is 3.54. The molecule has 23 heavy (non-hydrogen) atoms. The Balaban J connectivity index is 1.90. The minimum Gasteiger partial charge on any atom is -0.487 e. The lowest BCUT2D eigenvalue weighted by Crippen LogP contribution is -2.41. The van der Waals surface area contributed by atoms with Crippen molar-refractivity contribution in [2.45, 2.75) is 31.9 Å². The summed E-state index contributed by atoms with van der Waals surface area (Å²) in [6.45, 7) is 4.04. The summed E-state index contributed by atoms with van der Waals surface area (Å²) in [5, 5.41) is 3.53. The Labute approximate surface area is 149 Å². The quantitative estimate of drug-likeness (QED) is 0.766. The van der Waals surface area contributed by atoms with Gasteiger partial charge in [-0.15, -0.1) is 0 Å². The van der Waals surface area contributed by atoms with Crippen LogP contribution in [-0.4, -0.2) is 11.5 Å². The highest BCUT2D eigenvalue weighted by Gasteiger charge is 2.34. The van der Waals surface area contributed by atoms with Crippen LogP contribution in [0.15, 0.2) is 46.9 Å². The van der Waals surface area contributed by atoms with E-state index in [0.717, 1.165) is 15.8 Å².